The number of aromatic nitrogens is 1. The van der Waals surface area contributed by atoms with Gasteiger partial charge in [0.1, 0.15) is 0 Å². The molecule has 3 rings (SSSR count). The highest BCUT2D eigenvalue weighted by atomic mass is 79.9. The Morgan fingerprint density at radius 2 is 1.88 bits per heavy atom. The van der Waals surface area contributed by atoms with Crippen LogP contribution in [0.4, 0.5) is 5.69 Å². The zero-order valence-corrected chi connectivity index (χ0v) is 16.5. The Kier molecular flexibility index (Phi) is 5.23. The summed E-state index contributed by atoms with van der Waals surface area (Å²) in [6, 6.07) is 12.8. The molecule has 0 bridgehead atoms. The van der Waals surface area contributed by atoms with Crippen LogP contribution in [-0.2, 0) is 6.54 Å². The summed E-state index contributed by atoms with van der Waals surface area (Å²) in [4.78, 5) is 12.3. The third-order valence-corrected chi connectivity index (χ3v) is 4.57. The van der Waals surface area contributed by atoms with Gasteiger partial charge < -0.3 is 9.67 Å². The fourth-order valence-electron chi connectivity index (χ4n) is 2.83. The molecule has 0 saturated heterocycles. The maximum absolute atomic E-state index is 12.3. The van der Waals surface area contributed by atoms with Crippen molar-refractivity contribution >= 4 is 38.4 Å². The first-order chi connectivity index (χ1) is 12.4. The average molecular weight is 414 g/mol. The van der Waals surface area contributed by atoms with Crippen LogP contribution in [0.5, 0.6) is 5.88 Å². The molecule has 1 aromatic heterocycles. The van der Waals surface area contributed by atoms with Gasteiger partial charge >= 0.3 is 0 Å². The number of carbonyl (C=O) groups excluding carboxylic acids is 1. The average Bonchev–Trinajstić information content (AvgIpc) is 2.84. The van der Waals surface area contributed by atoms with Crippen LogP contribution in [0.3, 0.4) is 0 Å². The van der Waals surface area contributed by atoms with E-state index >= 15 is 0 Å². The minimum Gasteiger partial charge on any atom is -0.493 e. The van der Waals surface area contributed by atoms with Crippen LogP contribution >= 0.6 is 15.9 Å². The van der Waals surface area contributed by atoms with Crippen LogP contribution in [-0.4, -0.2) is 15.6 Å². The van der Waals surface area contributed by atoms with E-state index in [4.69, 9.17) is 0 Å². The number of amides is 1. The number of aromatic hydroxyl groups is 1. The molecule has 0 radical (unpaired) electrons. The highest BCUT2D eigenvalue weighted by molar-refractivity contribution is 9.10. The number of fused-ring (bicyclic) bond motifs is 1. The van der Waals surface area contributed by atoms with Gasteiger partial charge in [-0.2, -0.15) is 0 Å². The predicted octanol–water partition coefficient (Wildman–Crippen LogP) is 6.00. The summed E-state index contributed by atoms with van der Waals surface area (Å²) in [5, 5.41) is 19.4. The molecule has 0 spiro atoms. The number of hydrogen-bond donors (Lipinski definition) is 1. The van der Waals surface area contributed by atoms with Gasteiger partial charge in [0.25, 0.3) is 5.91 Å². The molecule has 0 unspecified atom stereocenters. The number of rotatable bonds is 4. The predicted molar refractivity (Wildman–Crippen MR) is 106 cm³/mol. The van der Waals surface area contributed by atoms with Gasteiger partial charge in [0.05, 0.1) is 5.52 Å². The smallest absolute Gasteiger partial charge is 0.295 e. The lowest BCUT2D eigenvalue weighted by Crippen LogP contribution is -2.03. The molecular formula is C20H20BrN3O2. The van der Waals surface area contributed by atoms with E-state index in [0.29, 0.717) is 23.7 Å². The first-order valence-electron chi connectivity index (χ1n) is 8.40. The fraction of sp³-hybridized carbons (Fsp3) is 0.250. The second-order valence-electron chi connectivity index (χ2n) is 6.71. The lowest BCUT2D eigenvalue weighted by Gasteiger charge is -2.09. The molecule has 2 aromatic carbocycles. The van der Waals surface area contributed by atoms with Gasteiger partial charge in [0, 0.05) is 22.0 Å². The number of hydrogen-bond acceptors (Lipinski definition) is 3. The van der Waals surface area contributed by atoms with Gasteiger partial charge in [0.15, 0.2) is 5.69 Å². The molecule has 1 heterocycles. The summed E-state index contributed by atoms with van der Waals surface area (Å²) in [5.74, 6) is -0.0621. The van der Waals surface area contributed by atoms with Gasteiger partial charge in [-0.25, -0.2) is 0 Å². The largest absolute Gasteiger partial charge is 0.493 e. The van der Waals surface area contributed by atoms with Gasteiger partial charge in [0.2, 0.25) is 5.88 Å². The lowest BCUT2D eigenvalue weighted by molar-refractivity contribution is 0.0995. The maximum atomic E-state index is 12.3. The summed E-state index contributed by atoms with van der Waals surface area (Å²) in [5.41, 5.74) is 2.70. The number of aryl methyl sites for hydroxylation is 1. The molecule has 3 aromatic rings. The van der Waals surface area contributed by atoms with Crippen LogP contribution in [0.15, 0.2) is 57.2 Å². The Morgan fingerprint density at radius 1 is 1.19 bits per heavy atom. The molecular weight excluding hydrogens is 394 g/mol. The first kappa shape index (κ1) is 18.3. The Morgan fingerprint density at radius 3 is 2.54 bits per heavy atom. The van der Waals surface area contributed by atoms with Crippen molar-refractivity contribution in [2.75, 3.05) is 0 Å². The van der Waals surface area contributed by atoms with Crippen LogP contribution < -0.4 is 0 Å². The van der Waals surface area contributed by atoms with Crippen LogP contribution in [0.25, 0.3) is 10.9 Å². The van der Waals surface area contributed by atoms with Crippen molar-refractivity contribution in [1.82, 2.24) is 4.57 Å². The van der Waals surface area contributed by atoms with Crippen molar-refractivity contribution in [2.24, 2.45) is 16.1 Å². The van der Waals surface area contributed by atoms with Crippen molar-refractivity contribution < 1.29 is 9.90 Å². The quantitative estimate of drug-likeness (QED) is 0.532. The van der Waals surface area contributed by atoms with Gasteiger partial charge in [-0.3, -0.25) is 4.79 Å². The second-order valence-corrected chi connectivity index (χ2v) is 7.62. The molecule has 0 aliphatic heterocycles. The summed E-state index contributed by atoms with van der Waals surface area (Å²) >= 11 is 3.33. The van der Waals surface area contributed by atoms with E-state index in [2.05, 4.69) is 40.0 Å². The molecule has 0 fully saturated rings. The SMILES string of the molecule is Cc1ccc2c(c1)c(N=NC(=O)c1ccc(Br)cc1)c(O)n2CC(C)C. The summed E-state index contributed by atoms with van der Waals surface area (Å²) < 4.78 is 2.70. The Hall–Kier alpha value is -2.47. The van der Waals surface area contributed by atoms with E-state index in [1.54, 1.807) is 24.3 Å². The topological polar surface area (TPSA) is 66.9 Å². The van der Waals surface area contributed by atoms with Crippen molar-refractivity contribution in [3.05, 3.63) is 58.1 Å². The Balaban J connectivity index is 2.03. The Labute approximate surface area is 160 Å². The molecule has 26 heavy (non-hydrogen) atoms. The van der Waals surface area contributed by atoms with Crippen molar-refractivity contribution in [3.63, 3.8) is 0 Å². The third kappa shape index (κ3) is 3.70. The zero-order valence-electron chi connectivity index (χ0n) is 14.9. The van der Waals surface area contributed by atoms with E-state index in [1.165, 1.54) is 0 Å². The number of nitrogens with zero attached hydrogens (tertiary/aromatic N) is 3. The maximum Gasteiger partial charge on any atom is 0.295 e. The van der Waals surface area contributed by atoms with Crippen molar-refractivity contribution in [3.8, 4) is 5.88 Å². The molecule has 0 aliphatic carbocycles. The lowest BCUT2D eigenvalue weighted by atomic mass is 10.1. The summed E-state index contributed by atoms with van der Waals surface area (Å²) in [6.45, 7) is 6.79. The molecule has 1 amide bonds. The summed E-state index contributed by atoms with van der Waals surface area (Å²) in [7, 11) is 0. The van der Waals surface area contributed by atoms with Crippen LogP contribution in [0, 0.1) is 12.8 Å². The standard InChI is InChI=1S/C20H20BrN3O2/c1-12(2)11-24-17-9-4-13(3)10-16(17)18(20(24)26)22-23-19(25)14-5-7-15(21)8-6-14/h4-10,12,26H,11H2,1-3H3. The Bertz CT molecular complexity index is 988. The number of carbonyl (C=O) groups is 1. The molecule has 0 atom stereocenters. The molecule has 0 saturated carbocycles. The number of halogens is 1. The van der Waals surface area contributed by atoms with E-state index in [9.17, 15) is 9.90 Å². The van der Waals surface area contributed by atoms with Crippen molar-refractivity contribution in [1.29, 1.82) is 0 Å². The molecule has 5 nitrogen and oxygen atoms in total. The normalized spacial score (nSPS) is 11.7. The van der Waals surface area contributed by atoms with E-state index in [1.807, 2.05) is 29.7 Å². The molecule has 134 valence electrons. The molecule has 1 N–H and O–H groups in total. The van der Waals surface area contributed by atoms with E-state index < -0.39 is 5.91 Å². The molecule has 6 heteroatoms. The van der Waals surface area contributed by atoms with E-state index in [-0.39, 0.29) is 5.88 Å². The third-order valence-electron chi connectivity index (χ3n) is 4.05. The highest BCUT2D eigenvalue weighted by Crippen LogP contribution is 2.39. The van der Waals surface area contributed by atoms with Gasteiger partial charge in [-0.05, 0) is 49.2 Å². The molecule has 0 aliphatic rings. The number of benzene rings is 2. The second kappa shape index (κ2) is 7.41. The minimum absolute atomic E-state index is 0.0339. The minimum atomic E-state index is -0.450. The zero-order chi connectivity index (χ0) is 18.8. The highest BCUT2D eigenvalue weighted by Gasteiger charge is 2.18. The van der Waals surface area contributed by atoms with Crippen LogP contribution in [0.2, 0.25) is 0 Å². The van der Waals surface area contributed by atoms with E-state index in [0.717, 1.165) is 20.9 Å². The summed E-state index contributed by atoms with van der Waals surface area (Å²) in [6.07, 6.45) is 0. The van der Waals surface area contributed by atoms with Gasteiger partial charge in [-0.1, -0.05) is 41.4 Å². The fourth-order valence-corrected chi connectivity index (χ4v) is 3.10. The van der Waals surface area contributed by atoms with Crippen LogP contribution in [0.1, 0.15) is 29.8 Å². The van der Waals surface area contributed by atoms with Crippen molar-refractivity contribution in [2.45, 2.75) is 27.3 Å². The number of azo groups is 1. The monoisotopic (exact) mass is 413 g/mol. The van der Waals surface area contributed by atoms with Gasteiger partial charge in [-0.15, -0.1) is 10.2 Å². The first-order valence-corrected chi connectivity index (χ1v) is 9.19.